The fourth-order valence-electron chi connectivity index (χ4n) is 8.67. The van der Waals surface area contributed by atoms with Crippen molar-refractivity contribution in [3.63, 3.8) is 0 Å². The van der Waals surface area contributed by atoms with Crippen LogP contribution in [0, 0.1) is 35.0 Å². The summed E-state index contributed by atoms with van der Waals surface area (Å²) in [4.78, 5) is 70.1. The Morgan fingerprint density at radius 3 is 2.16 bits per heavy atom. The van der Waals surface area contributed by atoms with E-state index in [-0.39, 0.29) is 48.3 Å². The molecule has 1 saturated heterocycles. The number of urea groups is 1. The number of hydrogen-bond acceptors (Lipinski definition) is 7. The Morgan fingerprint density at radius 2 is 1.59 bits per heavy atom. The largest absolute Gasteiger partial charge is 0.346 e. The molecular weight excluding hydrogens is 671 g/mol. The summed E-state index contributed by atoms with van der Waals surface area (Å²) in [6.45, 7) is 15.0. The van der Waals surface area contributed by atoms with Gasteiger partial charge in [-0.3, -0.25) is 19.2 Å². The number of carbonyl (C=O) groups excluding carboxylic acids is 5. The van der Waals surface area contributed by atoms with Crippen LogP contribution in [0.5, 0.6) is 0 Å². The minimum Gasteiger partial charge on any atom is -0.346 e. The summed E-state index contributed by atoms with van der Waals surface area (Å²) < 4.78 is 25.8. The second-order valence-corrected chi connectivity index (χ2v) is 19.9. The second-order valence-electron chi connectivity index (χ2n) is 17.2. The molecule has 0 aromatic rings. The smallest absolute Gasteiger partial charge is 0.315 e. The van der Waals surface area contributed by atoms with Crippen molar-refractivity contribution in [3.05, 3.63) is 12.7 Å². The lowest BCUT2D eigenvalue weighted by atomic mass is 9.79. The highest BCUT2D eigenvalue weighted by Gasteiger charge is 2.70. The van der Waals surface area contributed by atoms with Gasteiger partial charge in [0.15, 0.2) is 9.84 Å². The molecule has 0 bridgehead atoms. The van der Waals surface area contributed by atoms with E-state index in [1.54, 1.807) is 25.7 Å². The average molecular weight is 730 g/mol. The fourth-order valence-corrected chi connectivity index (χ4v) is 10.2. The standard InChI is InChI=1S/C38H59N5O7S/c1-9-11-17-26(29(44)32(46)39-22-10-2)40-31(45)28-27-25(36(27,6)7)23-43(28)33(47)30(37(8)18-15-16-19-37)41-34(48)42-38(20-13-12-14-21-38)24-51(49,50)35(3,4)5/h1,10,25-28,30H,2,11-24H2,3-8H3,(H,39,46)(H,40,45)(H2,41,42,48)/t25?,26?,27?,28-,30+/m0/s1. The third-order valence-electron chi connectivity index (χ3n) is 12.2. The van der Waals surface area contributed by atoms with Crippen molar-refractivity contribution in [1.82, 2.24) is 26.2 Å². The Hall–Kier alpha value is -3.40. The first-order valence-electron chi connectivity index (χ1n) is 18.5. The summed E-state index contributed by atoms with van der Waals surface area (Å²) >= 11 is 0. The molecule has 5 amide bonds. The van der Waals surface area contributed by atoms with Gasteiger partial charge in [0.1, 0.15) is 12.1 Å². The molecule has 1 aliphatic heterocycles. The van der Waals surface area contributed by atoms with E-state index >= 15 is 0 Å². The number of nitrogens with zero attached hydrogens (tertiary/aromatic N) is 1. The molecule has 3 saturated carbocycles. The van der Waals surface area contributed by atoms with E-state index < -0.39 is 67.3 Å². The molecule has 284 valence electrons. The lowest BCUT2D eigenvalue weighted by Crippen LogP contribution is -2.64. The van der Waals surface area contributed by atoms with Crippen molar-refractivity contribution >= 4 is 39.4 Å². The number of sulfone groups is 1. The number of likely N-dealkylation sites (tertiary alicyclic amines) is 1. The molecule has 12 nitrogen and oxygen atoms in total. The van der Waals surface area contributed by atoms with E-state index in [4.69, 9.17) is 6.42 Å². The zero-order valence-electron chi connectivity index (χ0n) is 31.4. The van der Waals surface area contributed by atoms with E-state index in [1.807, 2.05) is 20.8 Å². The highest BCUT2D eigenvalue weighted by atomic mass is 32.2. The first-order valence-corrected chi connectivity index (χ1v) is 20.2. The predicted molar refractivity (Wildman–Crippen MR) is 196 cm³/mol. The van der Waals surface area contributed by atoms with Crippen molar-refractivity contribution in [2.45, 2.75) is 141 Å². The zero-order valence-corrected chi connectivity index (χ0v) is 32.2. The number of Topliss-reactive ketones (excluding diaryl/α,β-unsaturated/α-hetero) is 1. The monoisotopic (exact) mass is 729 g/mol. The third kappa shape index (κ3) is 8.64. The van der Waals surface area contributed by atoms with Crippen LogP contribution in [0.15, 0.2) is 12.7 Å². The molecule has 4 N–H and O–H groups in total. The van der Waals surface area contributed by atoms with Crippen molar-refractivity contribution in [1.29, 1.82) is 0 Å². The van der Waals surface area contributed by atoms with Gasteiger partial charge in [0.05, 0.1) is 22.1 Å². The zero-order chi connectivity index (χ0) is 38.0. The van der Waals surface area contributed by atoms with Crippen LogP contribution in [0.1, 0.15) is 112 Å². The first kappa shape index (κ1) is 40.4. The number of amides is 5. The maximum atomic E-state index is 14.8. The number of hydrogen-bond donors (Lipinski definition) is 4. The quantitative estimate of drug-likeness (QED) is 0.121. The minimum atomic E-state index is -3.58. The van der Waals surface area contributed by atoms with E-state index in [9.17, 15) is 32.4 Å². The van der Waals surface area contributed by atoms with Crippen LogP contribution in [0.2, 0.25) is 0 Å². The van der Waals surface area contributed by atoms with Gasteiger partial charge in [-0.1, -0.05) is 59.0 Å². The molecule has 13 heteroatoms. The van der Waals surface area contributed by atoms with E-state index in [1.165, 1.54) is 6.08 Å². The number of carbonyl (C=O) groups is 5. The molecule has 1 heterocycles. The van der Waals surface area contributed by atoms with Crippen LogP contribution in [-0.4, -0.2) is 90.1 Å². The van der Waals surface area contributed by atoms with Crippen LogP contribution >= 0.6 is 0 Å². The van der Waals surface area contributed by atoms with Gasteiger partial charge in [-0.05, 0) is 75.5 Å². The average Bonchev–Trinajstić information content (AvgIpc) is 3.42. The summed E-state index contributed by atoms with van der Waals surface area (Å²) in [5.74, 6) is -0.495. The predicted octanol–water partition coefficient (Wildman–Crippen LogP) is 3.40. The maximum Gasteiger partial charge on any atom is 0.315 e. The van der Waals surface area contributed by atoms with Gasteiger partial charge in [0.25, 0.3) is 5.91 Å². The highest BCUT2D eigenvalue weighted by molar-refractivity contribution is 7.92. The van der Waals surface area contributed by atoms with Crippen LogP contribution in [0.3, 0.4) is 0 Å². The summed E-state index contributed by atoms with van der Waals surface area (Å²) in [6.07, 6.45) is 13.8. The number of rotatable bonds is 14. The minimum absolute atomic E-state index is 0.0342. The van der Waals surface area contributed by atoms with Crippen molar-refractivity contribution < 1.29 is 32.4 Å². The molecule has 4 aliphatic rings. The third-order valence-corrected chi connectivity index (χ3v) is 15.0. The van der Waals surface area contributed by atoms with Gasteiger partial charge >= 0.3 is 6.03 Å². The lowest BCUT2D eigenvalue weighted by Gasteiger charge is -2.42. The number of terminal acetylenes is 1. The molecule has 0 spiro atoms. The molecule has 0 aromatic carbocycles. The highest BCUT2D eigenvalue weighted by Crippen LogP contribution is 2.65. The van der Waals surface area contributed by atoms with Crippen LogP contribution in [0.4, 0.5) is 4.79 Å². The van der Waals surface area contributed by atoms with E-state index in [2.05, 4.69) is 33.8 Å². The number of piperidine rings is 1. The van der Waals surface area contributed by atoms with Gasteiger partial charge in [-0.2, -0.15) is 0 Å². The molecule has 51 heavy (non-hydrogen) atoms. The number of nitrogens with one attached hydrogen (secondary N) is 4. The maximum absolute atomic E-state index is 14.8. The molecule has 5 atom stereocenters. The summed E-state index contributed by atoms with van der Waals surface area (Å²) in [5, 5.41) is 11.3. The fraction of sp³-hybridized carbons (Fsp3) is 0.763. The SMILES string of the molecule is C#CCCC(NC(=O)[C@@H]1C2C(CN1C(=O)[C@@H](NC(=O)NC1(CS(=O)(=O)C(C)(C)C)CCCCC1)C1(C)CCCC1)C2(C)C)C(=O)C(=O)NCC=C. The summed E-state index contributed by atoms with van der Waals surface area (Å²) in [6, 6.07) is -3.67. The van der Waals surface area contributed by atoms with Crippen molar-refractivity contribution in [2.24, 2.45) is 22.7 Å². The molecule has 0 radical (unpaired) electrons. The van der Waals surface area contributed by atoms with Gasteiger partial charge in [0, 0.05) is 19.5 Å². The normalized spacial score (nSPS) is 25.7. The summed E-state index contributed by atoms with van der Waals surface area (Å²) in [7, 11) is -3.58. The van der Waals surface area contributed by atoms with Crippen LogP contribution in [0.25, 0.3) is 0 Å². The van der Waals surface area contributed by atoms with Crippen LogP contribution < -0.4 is 21.3 Å². The van der Waals surface area contributed by atoms with Gasteiger partial charge in [-0.15, -0.1) is 18.9 Å². The first-order chi connectivity index (χ1) is 23.7. The van der Waals surface area contributed by atoms with Gasteiger partial charge < -0.3 is 26.2 Å². The van der Waals surface area contributed by atoms with E-state index in [0.717, 1.165) is 32.1 Å². The Balaban J connectivity index is 1.60. The molecule has 3 aliphatic carbocycles. The molecule has 4 fully saturated rings. The lowest BCUT2D eigenvalue weighted by molar-refractivity contribution is -0.145. The second kappa shape index (κ2) is 15.3. The summed E-state index contributed by atoms with van der Waals surface area (Å²) in [5.41, 5.74) is -1.79. The Morgan fingerprint density at radius 1 is 0.980 bits per heavy atom. The molecule has 4 rings (SSSR count). The number of fused-ring (bicyclic) bond motifs is 1. The Labute approximate surface area is 304 Å². The van der Waals surface area contributed by atoms with Crippen LogP contribution in [-0.2, 0) is 29.0 Å². The van der Waals surface area contributed by atoms with Crippen molar-refractivity contribution in [2.75, 3.05) is 18.8 Å². The molecule has 3 unspecified atom stereocenters. The Kier molecular flexibility index (Phi) is 12.1. The Bertz CT molecular complexity index is 1530. The van der Waals surface area contributed by atoms with Gasteiger partial charge in [-0.25, -0.2) is 13.2 Å². The molecule has 0 aromatic heterocycles. The topological polar surface area (TPSA) is 171 Å². The van der Waals surface area contributed by atoms with E-state index in [0.29, 0.717) is 32.2 Å². The van der Waals surface area contributed by atoms with Gasteiger partial charge in [0.2, 0.25) is 17.6 Å². The van der Waals surface area contributed by atoms with Crippen molar-refractivity contribution in [3.8, 4) is 12.3 Å². The number of ketones is 1. The molecular formula is C38H59N5O7S.